The highest BCUT2D eigenvalue weighted by Gasteiger charge is 2.31. The van der Waals surface area contributed by atoms with E-state index in [1.54, 1.807) is 0 Å². The van der Waals surface area contributed by atoms with Crippen LogP contribution in [0.2, 0.25) is 0 Å². The van der Waals surface area contributed by atoms with E-state index in [9.17, 15) is 13.2 Å². The number of alkyl halides is 3. The molecule has 0 unspecified atom stereocenters. The molecule has 0 aromatic heterocycles. The minimum atomic E-state index is -3.87. The summed E-state index contributed by atoms with van der Waals surface area (Å²) in [4.78, 5) is 3.07. The van der Waals surface area contributed by atoms with Crippen LogP contribution in [0.15, 0.2) is 5.16 Å². The molecule has 0 N–H and O–H groups in total. The Balaban J connectivity index is 3.53. The maximum atomic E-state index is 11.4. The smallest absolute Gasteiger partial charge is 0.320 e. The fourth-order valence-corrected chi connectivity index (χ4v) is 0.102. The third kappa shape index (κ3) is 2.44. The quantitative estimate of drug-likeness (QED) is 0.409. The van der Waals surface area contributed by atoms with Gasteiger partial charge in [0.25, 0.3) is 0 Å². The summed E-state index contributed by atoms with van der Waals surface area (Å²) in [6.07, 6.45) is -3.87. The first kappa shape index (κ1) is 7.26. The van der Waals surface area contributed by atoms with E-state index in [0.717, 1.165) is 0 Å². The molecule has 0 bridgehead atoms. The highest BCUT2D eigenvalue weighted by Crippen LogP contribution is 2.14. The molecule has 0 heterocycles. The highest BCUT2D eigenvalue weighted by atomic mass is 19.3. The third-order valence-electron chi connectivity index (χ3n) is 0.342. The minimum absolute atomic E-state index is 1.92. The third-order valence-corrected chi connectivity index (χ3v) is 0.342. The van der Waals surface area contributed by atoms with Gasteiger partial charge in [-0.2, -0.15) is 8.78 Å². The summed E-state index contributed by atoms with van der Waals surface area (Å²) in [5, 5.41) is 2.09. The Bertz CT molecular complexity index is 84.6. The van der Waals surface area contributed by atoms with E-state index in [1.807, 2.05) is 0 Å². The van der Waals surface area contributed by atoms with Crippen molar-refractivity contribution in [1.82, 2.24) is 0 Å². The maximum Gasteiger partial charge on any atom is 0.446 e. The van der Waals surface area contributed by atoms with E-state index >= 15 is 0 Å². The van der Waals surface area contributed by atoms with Gasteiger partial charge in [-0.3, -0.25) is 0 Å². The summed E-state index contributed by atoms with van der Waals surface area (Å²) in [7, 11) is 0. The predicted octanol–water partition coefficient (Wildman–Crippen LogP) is 1.06. The van der Waals surface area contributed by atoms with Gasteiger partial charge in [0.2, 0.25) is 0 Å². The molecular formula is C3H3F3NO. The van der Waals surface area contributed by atoms with E-state index in [1.165, 1.54) is 0 Å². The van der Waals surface area contributed by atoms with Crippen LogP contribution in [0.4, 0.5) is 13.2 Å². The molecule has 0 atom stereocenters. The molecule has 0 aromatic carbocycles. The van der Waals surface area contributed by atoms with Crippen LogP contribution in [0.3, 0.4) is 0 Å². The number of halogens is 3. The number of hydrogen-bond acceptors (Lipinski definition) is 2. The van der Waals surface area contributed by atoms with Gasteiger partial charge < -0.3 is 4.84 Å². The van der Waals surface area contributed by atoms with E-state index < -0.39 is 12.8 Å². The first-order valence-electron chi connectivity index (χ1n) is 1.64. The molecule has 0 spiro atoms. The fourth-order valence-electron chi connectivity index (χ4n) is 0.102. The second-order valence-electron chi connectivity index (χ2n) is 0.968. The summed E-state index contributed by atoms with van der Waals surface area (Å²) in [6.45, 7) is 2.22. The van der Waals surface area contributed by atoms with Gasteiger partial charge in [-0.15, -0.1) is 0 Å². The van der Waals surface area contributed by atoms with Crippen molar-refractivity contribution < 1.29 is 18.0 Å². The van der Waals surface area contributed by atoms with Crippen molar-refractivity contribution in [1.29, 1.82) is 0 Å². The number of hydrogen-bond donors (Lipinski definition) is 0. The van der Waals surface area contributed by atoms with Crippen molar-refractivity contribution in [2.45, 2.75) is 6.11 Å². The zero-order valence-corrected chi connectivity index (χ0v) is 3.77. The molecule has 5 heteroatoms. The molecule has 0 fully saturated rings. The molecular weight excluding hydrogens is 123 g/mol. The second kappa shape index (κ2) is 2.54. The molecule has 0 aromatic rings. The van der Waals surface area contributed by atoms with Crippen LogP contribution in [0.5, 0.6) is 0 Å². The molecule has 8 heavy (non-hydrogen) atoms. The second-order valence-corrected chi connectivity index (χ2v) is 0.968. The van der Waals surface area contributed by atoms with Crippen LogP contribution in [0.25, 0.3) is 0 Å². The lowest BCUT2D eigenvalue weighted by Crippen LogP contribution is -2.19. The van der Waals surface area contributed by atoms with Gasteiger partial charge in [-0.05, 0) is 0 Å². The van der Waals surface area contributed by atoms with Crippen LogP contribution in [0.1, 0.15) is 0 Å². The summed E-state index contributed by atoms with van der Waals surface area (Å²) < 4.78 is 33.7. The van der Waals surface area contributed by atoms with Gasteiger partial charge in [0, 0.05) is 0 Å². The Morgan fingerprint density at radius 1 is 1.62 bits per heavy atom. The average molecular weight is 126 g/mol. The molecule has 47 valence electrons. The standard InChI is InChI=1S/C3H3F3NO/c1-7-8-3(5,6)2-4/h1H,2H2. The molecule has 0 amide bonds. The van der Waals surface area contributed by atoms with E-state index in [4.69, 9.17) is 0 Å². The van der Waals surface area contributed by atoms with Crippen LogP contribution >= 0.6 is 0 Å². The monoisotopic (exact) mass is 126 g/mol. The van der Waals surface area contributed by atoms with Crippen LogP contribution < -0.4 is 0 Å². The van der Waals surface area contributed by atoms with Crippen molar-refractivity contribution >= 4 is 6.72 Å². The normalized spacial score (nSPS) is 10.9. The highest BCUT2D eigenvalue weighted by molar-refractivity contribution is 5.21. The van der Waals surface area contributed by atoms with Crippen molar-refractivity contribution in [2.24, 2.45) is 5.16 Å². The Labute approximate surface area is 43.9 Å². The Hall–Kier alpha value is -0.740. The Morgan fingerprint density at radius 3 is 2.25 bits per heavy atom. The number of rotatable bonds is 3. The van der Waals surface area contributed by atoms with Crippen LogP contribution in [0, 0.1) is 0 Å². The molecule has 0 aliphatic rings. The summed E-state index contributed by atoms with van der Waals surface area (Å²) in [5.41, 5.74) is 0. The lowest BCUT2D eigenvalue weighted by Gasteiger charge is -2.06. The summed E-state index contributed by atoms with van der Waals surface area (Å²) >= 11 is 0. The molecule has 0 aliphatic carbocycles. The molecule has 0 saturated heterocycles. The van der Waals surface area contributed by atoms with E-state index in [-0.39, 0.29) is 0 Å². The topological polar surface area (TPSA) is 21.6 Å². The van der Waals surface area contributed by atoms with Gasteiger partial charge >= 0.3 is 6.11 Å². The van der Waals surface area contributed by atoms with Gasteiger partial charge in [0.05, 0.1) is 6.72 Å². The average Bonchev–Trinajstić information content (AvgIpc) is 1.67. The lowest BCUT2D eigenvalue weighted by atomic mass is 10.7. The SMILES string of the molecule is [CH]=NOC(F)(F)CF. The van der Waals surface area contributed by atoms with Gasteiger partial charge in [-0.25, -0.2) is 4.39 Å². The molecule has 0 aliphatic heterocycles. The summed E-state index contributed by atoms with van der Waals surface area (Å²) in [6, 6.07) is 0. The van der Waals surface area contributed by atoms with Gasteiger partial charge in [0.15, 0.2) is 6.67 Å². The van der Waals surface area contributed by atoms with Crippen molar-refractivity contribution in [3.05, 3.63) is 0 Å². The zero-order valence-electron chi connectivity index (χ0n) is 3.77. The van der Waals surface area contributed by atoms with Crippen molar-refractivity contribution in [3.8, 4) is 0 Å². The lowest BCUT2D eigenvalue weighted by molar-refractivity contribution is -0.245. The minimum Gasteiger partial charge on any atom is -0.320 e. The predicted molar refractivity (Wildman–Crippen MR) is 20.5 cm³/mol. The van der Waals surface area contributed by atoms with Crippen molar-refractivity contribution in [3.63, 3.8) is 0 Å². The molecule has 0 rings (SSSR count). The Morgan fingerprint density at radius 2 is 2.12 bits per heavy atom. The van der Waals surface area contributed by atoms with Crippen molar-refractivity contribution in [2.75, 3.05) is 6.67 Å². The van der Waals surface area contributed by atoms with Crippen LogP contribution in [-0.4, -0.2) is 19.5 Å². The zero-order chi connectivity index (χ0) is 6.62. The largest absolute Gasteiger partial charge is 0.446 e. The van der Waals surface area contributed by atoms with Gasteiger partial charge in [0.1, 0.15) is 0 Å². The van der Waals surface area contributed by atoms with E-state index in [0.29, 0.717) is 0 Å². The van der Waals surface area contributed by atoms with Gasteiger partial charge in [-0.1, -0.05) is 5.16 Å². The van der Waals surface area contributed by atoms with E-state index in [2.05, 4.69) is 16.7 Å². The molecule has 0 saturated carbocycles. The molecule has 2 nitrogen and oxygen atoms in total. The Kier molecular flexibility index (Phi) is 2.30. The first-order valence-corrected chi connectivity index (χ1v) is 1.64. The number of nitrogens with zero attached hydrogens (tertiary/aromatic N) is 1. The maximum absolute atomic E-state index is 11.4. The van der Waals surface area contributed by atoms with Crippen LogP contribution in [-0.2, 0) is 4.84 Å². The molecule has 1 radical (unpaired) electrons. The first-order chi connectivity index (χ1) is 3.62. The fraction of sp³-hybridized carbons (Fsp3) is 0.667. The summed E-state index contributed by atoms with van der Waals surface area (Å²) in [5.74, 6) is 0.